The molecule has 1 aromatic heterocycles. The highest BCUT2D eigenvalue weighted by Gasteiger charge is 2.07. The van der Waals surface area contributed by atoms with Crippen LogP contribution in [0, 0.1) is 13.8 Å². The lowest BCUT2D eigenvalue weighted by Gasteiger charge is -2.05. The largest absolute Gasteiger partial charge is 0.479 e. The summed E-state index contributed by atoms with van der Waals surface area (Å²) in [6.07, 6.45) is 0. The van der Waals surface area contributed by atoms with Crippen molar-refractivity contribution in [3.05, 3.63) is 66.6 Å². The Morgan fingerprint density at radius 1 is 1.11 bits per heavy atom. The number of aliphatic carboxylic acids is 1. The number of nitrogens with zero attached hydrogens (tertiary/aromatic N) is 1. The SMILES string of the molecule is C.Cc1c(Br)ccc2c(Cl)cc(Cl)nc12.Cc1c(N)cccc1Br.O=COCC(=O)O.O=P(Cl)(Cl)Cl. The molecule has 0 aliphatic rings. The van der Waals surface area contributed by atoms with Gasteiger partial charge in [-0.05, 0) is 83.0 Å². The van der Waals surface area contributed by atoms with E-state index in [1.165, 1.54) is 0 Å². The van der Waals surface area contributed by atoms with Gasteiger partial charge < -0.3 is 15.6 Å². The number of fused-ring (bicyclic) bond motifs is 1. The molecule has 7 nitrogen and oxygen atoms in total. The van der Waals surface area contributed by atoms with Gasteiger partial charge in [0.1, 0.15) is 5.15 Å². The lowest BCUT2D eigenvalue weighted by atomic mass is 10.1. The summed E-state index contributed by atoms with van der Waals surface area (Å²) in [4.78, 5) is 22.9. The third-order valence-corrected chi connectivity index (χ3v) is 5.90. The normalized spacial score (nSPS) is 9.69. The first kappa shape index (κ1) is 37.4. The van der Waals surface area contributed by atoms with Crippen LogP contribution in [-0.4, -0.2) is 29.1 Å². The number of aryl methyl sites for hydroxylation is 1. The van der Waals surface area contributed by atoms with Gasteiger partial charge in [-0.15, -0.1) is 0 Å². The van der Waals surface area contributed by atoms with Crippen molar-refractivity contribution in [1.82, 2.24) is 4.98 Å². The van der Waals surface area contributed by atoms with Crippen molar-refractivity contribution in [3.63, 3.8) is 0 Å². The van der Waals surface area contributed by atoms with Crippen molar-refractivity contribution in [2.24, 2.45) is 0 Å². The third-order valence-electron chi connectivity index (χ3n) is 3.67. The Balaban J connectivity index is 0. The minimum atomic E-state index is -3.22. The molecule has 0 amide bonds. The zero-order valence-electron chi connectivity index (χ0n) is 17.9. The number of hydrogen-bond donors (Lipinski definition) is 2. The molecule has 15 heteroatoms. The maximum Gasteiger partial charge on any atom is 0.341 e. The zero-order chi connectivity index (χ0) is 27.3. The molecule has 0 atom stereocenters. The van der Waals surface area contributed by atoms with Gasteiger partial charge in [0.25, 0.3) is 6.47 Å². The second kappa shape index (κ2) is 18.5. The van der Waals surface area contributed by atoms with Crippen LogP contribution in [0.15, 0.2) is 45.3 Å². The number of ether oxygens (including phenoxy) is 1. The molecule has 200 valence electrons. The Morgan fingerprint density at radius 2 is 1.64 bits per heavy atom. The summed E-state index contributed by atoms with van der Waals surface area (Å²) in [6, 6.07) is 11.3. The van der Waals surface area contributed by atoms with Gasteiger partial charge in [0.2, 0.25) is 0 Å². The Bertz CT molecular complexity index is 1190. The quantitative estimate of drug-likeness (QED) is 0.118. The molecule has 36 heavy (non-hydrogen) atoms. The first-order valence-corrected chi connectivity index (χ1v) is 15.7. The molecule has 3 N–H and O–H groups in total. The molecule has 0 radical (unpaired) electrons. The van der Waals surface area contributed by atoms with Gasteiger partial charge in [-0.2, -0.15) is 0 Å². The molecule has 3 aromatic rings. The molecule has 0 saturated carbocycles. The Kier molecular flexibility index (Phi) is 19.2. The van der Waals surface area contributed by atoms with E-state index in [4.69, 9.17) is 34.0 Å². The van der Waals surface area contributed by atoms with E-state index < -0.39 is 17.8 Å². The number of hydrogen-bond acceptors (Lipinski definition) is 6. The third kappa shape index (κ3) is 16.2. The molecule has 3 rings (SSSR count). The number of carbonyl (C=O) groups is 2. The second-order valence-corrected chi connectivity index (χ2v) is 15.3. The second-order valence-electron chi connectivity index (χ2n) is 6.15. The number of carbonyl (C=O) groups excluding carboxylic acids is 1. The van der Waals surface area contributed by atoms with E-state index in [1.807, 2.05) is 44.2 Å². The molecule has 0 saturated heterocycles. The van der Waals surface area contributed by atoms with Crippen molar-refractivity contribution in [3.8, 4) is 0 Å². The van der Waals surface area contributed by atoms with Crippen LogP contribution in [-0.2, 0) is 18.9 Å². The van der Waals surface area contributed by atoms with Crippen LogP contribution in [0.1, 0.15) is 18.6 Å². The van der Waals surface area contributed by atoms with Gasteiger partial charge in [0.05, 0.1) is 10.5 Å². The predicted octanol–water partition coefficient (Wildman–Crippen LogP) is 9.64. The van der Waals surface area contributed by atoms with Crippen LogP contribution in [0.3, 0.4) is 0 Å². The molecule has 2 aromatic carbocycles. The molecule has 0 bridgehead atoms. The zero-order valence-corrected chi connectivity index (χ0v) is 25.8. The van der Waals surface area contributed by atoms with Gasteiger partial charge in [0.15, 0.2) is 6.61 Å². The van der Waals surface area contributed by atoms with E-state index in [9.17, 15) is 14.2 Å². The smallest absolute Gasteiger partial charge is 0.341 e. The minimum Gasteiger partial charge on any atom is -0.479 e. The van der Waals surface area contributed by atoms with E-state index in [0.717, 1.165) is 36.7 Å². The van der Waals surface area contributed by atoms with Gasteiger partial charge in [-0.25, -0.2) is 9.78 Å². The molecule has 0 fully saturated rings. The summed E-state index contributed by atoms with van der Waals surface area (Å²) in [5, 5.41) is 6.52. The molecule has 0 spiro atoms. The molecule has 1 heterocycles. The van der Waals surface area contributed by atoms with Gasteiger partial charge in [-0.3, -0.25) is 9.36 Å². The number of rotatable bonds is 3. The molecular weight excluding hydrogens is 728 g/mol. The van der Waals surface area contributed by atoms with Crippen LogP contribution in [0.5, 0.6) is 0 Å². The fourth-order valence-corrected chi connectivity index (χ4v) is 3.27. The average molecular weight is 750 g/mol. The summed E-state index contributed by atoms with van der Waals surface area (Å²) in [7, 11) is 0. The van der Waals surface area contributed by atoms with Crippen LogP contribution >= 0.6 is 94.0 Å². The maximum absolute atomic E-state index is 9.51. The predicted molar refractivity (Wildman–Crippen MR) is 159 cm³/mol. The summed E-state index contributed by atoms with van der Waals surface area (Å²) < 4.78 is 15.4. The Labute approximate surface area is 250 Å². The Hall–Kier alpha value is -0.770. The maximum atomic E-state index is 9.51. The first-order chi connectivity index (χ1) is 16.1. The molecule has 0 unspecified atom stereocenters. The summed E-state index contributed by atoms with van der Waals surface area (Å²) in [5.41, 5.74) is 9.43. The van der Waals surface area contributed by atoms with E-state index in [2.05, 4.69) is 75.3 Å². The van der Waals surface area contributed by atoms with Gasteiger partial charge >= 0.3 is 11.2 Å². The number of nitrogens with two attached hydrogens (primary N) is 1. The first-order valence-electron chi connectivity index (χ1n) is 8.95. The van der Waals surface area contributed by atoms with Crippen molar-refractivity contribution in [1.29, 1.82) is 0 Å². The van der Waals surface area contributed by atoms with E-state index in [-0.39, 0.29) is 13.9 Å². The van der Waals surface area contributed by atoms with Crippen LogP contribution in [0.25, 0.3) is 10.9 Å². The number of halogens is 7. The summed E-state index contributed by atoms with van der Waals surface area (Å²) in [5.74, 6) is -1.15. The molecular formula is C21H22Br2Cl5N2O5P. The van der Waals surface area contributed by atoms with Crippen molar-refractivity contribution in [2.45, 2.75) is 21.3 Å². The van der Waals surface area contributed by atoms with Crippen molar-refractivity contribution in [2.75, 3.05) is 12.3 Å². The molecule has 0 aliphatic carbocycles. The summed E-state index contributed by atoms with van der Waals surface area (Å²) >= 11 is 32.5. The fourth-order valence-electron chi connectivity index (χ4n) is 2.06. The number of carboxylic acids is 1. The van der Waals surface area contributed by atoms with E-state index >= 15 is 0 Å². The lowest BCUT2D eigenvalue weighted by molar-refractivity contribution is -0.147. The average Bonchev–Trinajstić information content (AvgIpc) is 2.73. The highest BCUT2D eigenvalue weighted by atomic mass is 79.9. The van der Waals surface area contributed by atoms with E-state index in [1.54, 1.807) is 6.07 Å². The highest BCUT2D eigenvalue weighted by molar-refractivity contribution is 9.10. The number of nitrogen functional groups attached to an aromatic ring is 1. The highest BCUT2D eigenvalue weighted by Crippen LogP contribution is 2.61. The molecule has 0 aliphatic heterocycles. The number of anilines is 1. The van der Waals surface area contributed by atoms with Crippen LogP contribution < -0.4 is 5.73 Å². The number of carboxylic acid groups (broad SMARTS) is 1. The van der Waals surface area contributed by atoms with Crippen molar-refractivity contribution < 1.29 is 24.0 Å². The van der Waals surface area contributed by atoms with Crippen LogP contribution in [0.2, 0.25) is 10.2 Å². The summed E-state index contributed by atoms with van der Waals surface area (Å²) in [6.45, 7) is 3.50. The number of pyridine rings is 1. The van der Waals surface area contributed by atoms with Gasteiger partial charge in [-0.1, -0.05) is 74.6 Å². The number of benzene rings is 2. The monoisotopic (exact) mass is 746 g/mol. The van der Waals surface area contributed by atoms with Crippen LogP contribution in [0.4, 0.5) is 5.69 Å². The van der Waals surface area contributed by atoms with Gasteiger partial charge in [0, 0.05) is 20.0 Å². The lowest BCUT2D eigenvalue weighted by Crippen LogP contribution is -2.04. The topological polar surface area (TPSA) is 120 Å². The van der Waals surface area contributed by atoms with E-state index in [0.29, 0.717) is 10.2 Å². The minimum absolute atomic E-state index is 0. The van der Waals surface area contributed by atoms with Crippen molar-refractivity contribution >= 4 is 123 Å². The standard InChI is InChI=1S/C10H6BrCl2N.C7H8BrN.C3H4O4.CH4.Cl3OP/c1-5-7(11)3-2-6-8(12)4-9(13)14-10(5)6;1-5-6(8)3-2-4-7(5)9;4-2-7-1-3(5)6;;1-5(2,3)4/h2-4H,1H3;2-4H,9H2,1H3;2H,1H2,(H,5,6);1H4;. The Morgan fingerprint density at radius 3 is 2.06 bits per heavy atom. The number of aromatic nitrogens is 1. The fraction of sp³-hybridized carbons (Fsp3) is 0.190.